The lowest BCUT2D eigenvalue weighted by Gasteiger charge is -2.25. The number of benzene rings is 3. The van der Waals surface area contributed by atoms with E-state index in [0.29, 0.717) is 6.54 Å². The van der Waals surface area contributed by atoms with E-state index in [1.807, 2.05) is 78.9 Å². The van der Waals surface area contributed by atoms with Crippen molar-refractivity contribution in [1.29, 1.82) is 0 Å². The van der Waals surface area contributed by atoms with Crippen molar-refractivity contribution < 1.29 is 24.2 Å². The molecule has 32 heavy (non-hydrogen) atoms. The smallest absolute Gasteiger partial charge is 0.303 e. The molecule has 0 saturated carbocycles. The second-order valence-corrected chi connectivity index (χ2v) is 7.68. The SMILES string of the molecule is COc1ccc([C@H]2O[C@@H](CCC(=O)O)C(=O)N(Cc3ccccc3)c3ccccc32)cc1. The first-order chi connectivity index (χ1) is 15.6. The molecular weight excluding hydrogens is 406 g/mol. The van der Waals surface area contributed by atoms with Crippen LogP contribution in [0.1, 0.15) is 35.6 Å². The molecule has 1 amide bonds. The molecule has 2 atom stereocenters. The number of para-hydroxylation sites is 1. The zero-order chi connectivity index (χ0) is 22.5. The van der Waals surface area contributed by atoms with Gasteiger partial charge < -0.3 is 19.5 Å². The van der Waals surface area contributed by atoms with Gasteiger partial charge in [0, 0.05) is 12.0 Å². The van der Waals surface area contributed by atoms with Crippen LogP contribution >= 0.6 is 0 Å². The number of hydrogen-bond donors (Lipinski definition) is 1. The second kappa shape index (κ2) is 9.66. The number of hydrogen-bond acceptors (Lipinski definition) is 4. The van der Waals surface area contributed by atoms with Crippen LogP contribution in [0.2, 0.25) is 0 Å². The molecule has 1 N–H and O–H groups in total. The van der Waals surface area contributed by atoms with E-state index in [4.69, 9.17) is 9.47 Å². The molecule has 0 aromatic heterocycles. The van der Waals surface area contributed by atoms with E-state index >= 15 is 0 Å². The molecule has 0 radical (unpaired) electrons. The topological polar surface area (TPSA) is 76.1 Å². The molecule has 0 fully saturated rings. The number of fused-ring (bicyclic) bond motifs is 1. The fourth-order valence-corrected chi connectivity index (χ4v) is 3.96. The number of aliphatic carboxylic acids is 1. The van der Waals surface area contributed by atoms with Crippen molar-refractivity contribution >= 4 is 17.6 Å². The number of carboxylic acid groups (broad SMARTS) is 1. The molecule has 164 valence electrons. The highest BCUT2D eigenvalue weighted by Gasteiger charge is 2.36. The quantitative estimate of drug-likeness (QED) is 0.593. The molecule has 0 aliphatic carbocycles. The van der Waals surface area contributed by atoms with Gasteiger partial charge in [-0.3, -0.25) is 9.59 Å². The van der Waals surface area contributed by atoms with E-state index in [9.17, 15) is 14.7 Å². The summed E-state index contributed by atoms with van der Waals surface area (Å²) in [5.74, 6) is -0.475. The van der Waals surface area contributed by atoms with E-state index in [2.05, 4.69) is 0 Å². The Bertz CT molecular complexity index is 1080. The minimum atomic E-state index is -0.959. The summed E-state index contributed by atoms with van der Waals surface area (Å²) in [5.41, 5.74) is 3.48. The molecule has 4 rings (SSSR count). The summed E-state index contributed by atoms with van der Waals surface area (Å²) in [6.45, 7) is 0.374. The third kappa shape index (κ3) is 4.65. The number of anilines is 1. The van der Waals surface area contributed by atoms with Gasteiger partial charge in [0.15, 0.2) is 0 Å². The Kier molecular flexibility index (Phi) is 6.52. The third-order valence-electron chi connectivity index (χ3n) is 5.57. The van der Waals surface area contributed by atoms with Crippen molar-refractivity contribution in [2.24, 2.45) is 0 Å². The maximum absolute atomic E-state index is 13.6. The van der Waals surface area contributed by atoms with Crippen molar-refractivity contribution in [3.05, 3.63) is 95.6 Å². The van der Waals surface area contributed by atoms with Crippen LogP contribution in [0.4, 0.5) is 5.69 Å². The Morgan fingerprint density at radius 2 is 1.69 bits per heavy atom. The summed E-state index contributed by atoms with van der Waals surface area (Å²) >= 11 is 0. The Morgan fingerprint density at radius 3 is 2.38 bits per heavy atom. The standard InChI is InChI=1S/C26H25NO5/c1-31-20-13-11-19(12-14-20)25-21-9-5-6-10-22(21)27(17-18-7-3-2-4-8-18)26(30)23(32-25)15-16-24(28)29/h2-14,23,25H,15-17H2,1H3,(H,28,29)/t23-,25+/m0/s1. The fourth-order valence-electron chi connectivity index (χ4n) is 3.96. The second-order valence-electron chi connectivity index (χ2n) is 7.68. The summed E-state index contributed by atoms with van der Waals surface area (Å²) in [5, 5.41) is 9.22. The van der Waals surface area contributed by atoms with Crippen molar-refractivity contribution in [3.63, 3.8) is 0 Å². The molecule has 3 aromatic rings. The summed E-state index contributed by atoms with van der Waals surface area (Å²) in [7, 11) is 1.61. The molecule has 6 nitrogen and oxygen atoms in total. The Hall–Kier alpha value is -3.64. The van der Waals surface area contributed by atoms with Gasteiger partial charge >= 0.3 is 5.97 Å². The number of amides is 1. The predicted octanol–water partition coefficient (Wildman–Crippen LogP) is 4.58. The van der Waals surface area contributed by atoms with E-state index < -0.39 is 18.2 Å². The lowest BCUT2D eigenvalue weighted by molar-refractivity contribution is -0.139. The van der Waals surface area contributed by atoms with Gasteiger partial charge in [-0.1, -0.05) is 60.7 Å². The van der Waals surface area contributed by atoms with Crippen LogP contribution in [0.25, 0.3) is 0 Å². The number of carbonyl (C=O) groups excluding carboxylic acids is 1. The lowest BCUT2D eigenvalue weighted by atomic mass is 9.99. The summed E-state index contributed by atoms with van der Waals surface area (Å²) in [4.78, 5) is 26.6. The highest BCUT2D eigenvalue weighted by atomic mass is 16.5. The molecular formula is C26H25NO5. The van der Waals surface area contributed by atoms with Gasteiger partial charge in [-0.25, -0.2) is 0 Å². The average Bonchev–Trinajstić information content (AvgIpc) is 2.94. The van der Waals surface area contributed by atoms with Crippen LogP contribution in [0, 0.1) is 0 Å². The summed E-state index contributed by atoms with van der Waals surface area (Å²) < 4.78 is 11.6. The molecule has 0 saturated heterocycles. The fraction of sp³-hybridized carbons (Fsp3) is 0.231. The molecule has 6 heteroatoms. The number of carbonyl (C=O) groups is 2. The number of methoxy groups -OCH3 is 1. The van der Waals surface area contributed by atoms with Crippen molar-refractivity contribution in [3.8, 4) is 5.75 Å². The highest BCUT2D eigenvalue weighted by molar-refractivity contribution is 5.98. The number of nitrogens with zero attached hydrogens (tertiary/aromatic N) is 1. The van der Waals surface area contributed by atoms with Crippen LogP contribution in [0.15, 0.2) is 78.9 Å². The molecule has 1 aliphatic rings. The van der Waals surface area contributed by atoms with Gasteiger partial charge in [-0.15, -0.1) is 0 Å². The zero-order valence-corrected chi connectivity index (χ0v) is 17.8. The monoisotopic (exact) mass is 431 g/mol. The first-order valence-electron chi connectivity index (χ1n) is 10.5. The zero-order valence-electron chi connectivity index (χ0n) is 17.8. The number of rotatable bonds is 7. The lowest BCUT2D eigenvalue weighted by Crippen LogP contribution is -2.39. The predicted molar refractivity (Wildman–Crippen MR) is 121 cm³/mol. The van der Waals surface area contributed by atoms with Crippen molar-refractivity contribution in [2.75, 3.05) is 12.0 Å². The highest BCUT2D eigenvalue weighted by Crippen LogP contribution is 2.39. The third-order valence-corrected chi connectivity index (χ3v) is 5.57. The van der Waals surface area contributed by atoms with Crippen LogP contribution in [-0.4, -0.2) is 30.2 Å². The number of carboxylic acids is 1. The Labute approximate surface area is 187 Å². The molecule has 0 unspecified atom stereocenters. The summed E-state index contributed by atoms with van der Waals surface area (Å²) in [6, 6.07) is 24.9. The normalized spacial score (nSPS) is 18.0. The van der Waals surface area contributed by atoms with Gasteiger partial charge in [0.1, 0.15) is 18.0 Å². The van der Waals surface area contributed by atoms with E-state index in [1.165, 1.54) is 0 Å². The first-order valence-corrected chi connectivity index (χ1v) is 10.5. The maximum atomic E-state index is 13.6. The minimum absolute atomic E-state index is 0.0973. The molecule has 0 bridgehead atoms. The van der Waals surface area contributed by atoms with Gasteiger partial charge in [0.05, 0.1) is 19.3 Å². The molecule has 1 heterocycles. The average molecular weight is 431 g/mol. The number of ether oxygens (including phenoxy) is 2. The van der Waals surface area contributed by atoms with E-state index in [-0.39, 0.29) is 18.7 Å². The van der Waals surface area contributed by atoms with Crippen LogP contribution in [0.3, 0.4) is 0 Å². The maximum Gasteiger partial charge on any atom is 0.303 e. The molecule has 0 spiro atoms. The minimum Gasteiger partial charge on any atom is -0.497 e. The largest absolute Gasteiger partial charge is 0.497 e. The Morgan fingerprint density at radius 1 is 1.00 bits per heavy atom. The van der Waals surface area contributed by atoms with Gasteiger partial charge in [0.25, 0.3) is 5.91 Å². The van der Waals surface area contributed by atoms with Gasteiger partial charge in [0.2, 0.25) is 0 Å². The van der Waals surface area contributed by atoms with E-state index in [0.717, 1.165) is 28.1 Å². The van der Waals surface area contributed by atoms with Crippen molar-refractivity contribution in [1.82, 2.24) is 0 Å². The first kappa shape index (κ1) is 21.6. The molecule has 1 aliphatic heterocycles. The molecule has 3 aromatic carbocycles. The van der Waals surface area contributed by atoms with Crippen LogP contribution in [0.5, 0.6) is 5.75 Å². The Balaban J connectivity index is 1.78. The van der Waals surface area contributed by atoms with Gasteiger partial charge in [-0.05, 0) is 35.7 Å². The summed E-state index contributed by atoms with van der Waals surface area (Å²) in [6.07, 6.45) is -1.45. The van der Waals surface area contributed by atoms with Crippen LogP contribution < -0.4 is 9.64 Å². The van der Waals surface area contributed by atoms with Gasteiger partial charge in [-0.2, -0.15) is 0 Å². The van der Waals surface area contributed by atoms with Crippen LogP contribution in [-0.2, 0) is 20.9 Å². The van der Waals surface area contributed by atoms with E-state index in [1.54, 1.807) is 12.0 Å². The van der Waals surface area contributed by atoms with Crippen molar-refractivity contribution in [2.45, 2.75) is 31.6 Å².